The number of rotatable bonds is 0. The number of carbonyl (C=O) groups is 1. The van der Waals surface area contributed by atoms with E-state index in [1.807, 2.05) is 5.32 Å². The summed E-state index contributed by atoms with van der Waals surface area (Å²) in [6.45, 7) is 1.28. The van der Waals surface area contributed by atoms with Crippen LogP contribution < -0.4 is 5.32 Å². The Balaban J connectivity index is 0. The largest absolute Gasteiger partial charge is 0.274 e. The highest BCUT2D eigenvalue weighted by molar-refractivity contribution is 5.74. The van der Waals surface area contributed by atoms with Gasteiger partial charge < -0.3 is 0 Å². The third kappa shape index (κ3) is 38.5. The second-order valence-corrected chi connectivity index (χ2v) is 1.02. The van der Waals surface area contributed by atoms with Crippen molar-refractivity contribution < 1.29 is 4.79 Å². The predicted octanol–water partition coefficient (Wildman–Crippen LogP) is -0.363. The van der Waals surface area contributed by atoms with Crippen molar-refractivity contribution in [3.63, 3.8) is 0 Å². The second kappa shape index (κ2) is 10.0. The summed E-state index contributed by atoms with van der Waals surface area (Å²) < 4.78 is 0. The first-order valence-corrected chi connectivity index (χ1v) is 2.12. The maximum Gasteiger partial charge on any atom is 0.229 e. The molecule has 0 aromatic rings. The highest BCUT2D eigenvalue weighted by Crippen LogP contribution is 1.49. The lowest BCUT2D eigenvalue weighted by atomic mass is 10.7. The lowest BCUT2D eigenvalue weighted by Gasteiger charge is -1.76. The molecule has 0 aliphatic carbocycles. The minimum atomic E-state index is -0.322. The van der Waals surface area contributed by atoms with Crippen molar-refractivity contribution >= 4 is 5.91 Å². The number of nitrogens with one attached hydrogen (secondary N) is 1. The van der Waals surface area contributed by atoms with Crippen LogP contribution in [0.3, 0.4) is 0 Å². The first-order valence-electron chi connectivity index (χ1n) is 2.12. The summed E-state index contributed by atoms with van der Waals surface area (Å²) in [7, 11) is 0. The van der Waals surface area contributed by atoms with E-state index in [9.17, 15) is 4.79 Å². The highest BCUT2D eigenvalue weighted by atomic mass is 16.1. The molecule has 0 saturated carbocycles. The van der Waals surface area contributed by atoms with Gasteiger partial charge in [-0.15, -0.1) is 0 Å². The summed E-state index contributed by atoms with van der Waals surface area (Å²) in [5.41, 5.74) is 0. The molecule has 5 nitrogen and oxygen atoms in total. The molecule has 0 aromatic heterocycles. The van der Waals surface area contributed by atoms with Gasteiger partial charge in [0.25, 0.3) is 0 Å². The van der Waals surface area contributed by atoms with E-state index in [2.05, 4.69) is 0 Å². The van der Waals surface area contributed by atoms with Gasteiger partial charge in [-0.2, -0.15) is 15.8 Å². The van der Waals surface area contributed by atoms with E-state index in [0.717, 1.165) is 0 Å². The van der Waals surface area contributed by atoms with Crippen LogP contribution in [0.4, 0.5) is 0 Å². The van der Waals surface area contributed by atoms with Crippen LogP contribution in [0.15, 0.2) is 0 Å². The Hall–Kier alpha value is -2.06. The lowest BCUT2D eigenvalue weighted by molar-refractivity contribution is -0.117. The molecular weight excluding hydrogens is 132 g/mol. The van der Waals surface area contributed by atoms with Gasteiger partial charge in [0.1, 0.15) is 0 Å². The van der Waals surface area contributed by atoms with E-state index in [1.54, 1.807) is 0 Å². The summed E-state index contributed by atoms with van der Waals surface area (Å²) in [6, 6.07) is 2.47. The molecule has 0 aliphatic heterocycles. The van der Waals surface area contributed by atoms with Crippen LogP contribution in [0.2, 0.25) is 0 Å². The predicted molar refractivity (Wildman–Crippen MR) is 30.7 cm³/mol. The van der Waals surface area contributed by atoms with Crippen LogP contribution in [0.5, 0.6) is 0 Å². The summed E-state index contributed by atoms with van der Waals surface area (Å²) in [4.78, 5) is 9.71. The van der Waals surface area contributed by atoms with E-state index in [0.29, 0.717) is 0 Å². The second-order valence-electron chi connectivity index (χ2n) is 1.02. The molecular formula is C5H4N4O. The Bertz CT molecular complexity index is 201. The van der Waals surface area contributed by atoms with Crippen LogP contribution in [0.1, 0.15) is 6.92 Å². The van der Waals surface area contributed by atoms with Crippen LogP contribution in [-0.2, 0) is 4.79 Å². The van der Waals surface area contributed by atoms with Crippen molar-refractivity contribution in [2.24, 2.45) is 0 Å². The molecule has 0 saturated heterocycles. The summed E-state index contributed by atoms with van der Waals surface area (Å²) in [6.07, 6.45) is 1.47. The van der Waals surface area contributed by atoms with Gasteiger partial charge in [0.15, 0.2) is 18.3 Å². The first kappa shape index (κ1) is 10.8. The third-order valence-corrected chi connectivity index (χ3v) is 0.282. The van der Waals surface area contributed by atoms with Gasteiger partial charge in [0, 0.05) is 6.92 Å². The molecule has 0 atom stereocenters. The van der Waals surface area contributed by atoms with Crippen LogP contribution in [-0.4, -0.2) is 5.91 Å². The van der Waals surface area contributed by atoms with E-state index in [4.69, 9.17) is 15.8 Å². The molecule has 0 spiro atoms. The Morgan fingerprint density at radius 3 is 1.70 bits per heavy atom. The summed E-state index contributed by atoms with van der Waals surface area (Å²) in [5, 5.41) is 24.1. The number of amides is 1. The fourth-order valence-electron chi connectivity index (χ4n) is 0.0787. The SMILES string of the molecule is CC(=O)NC#N.N#CC#N. The molecule has 0 aliphatic rings. The molecule has 0 radical (unpaired) electrons. The molecule has 0 aromatic carbocycles. The number of nitrogens with zero attached hydrogens (tertiary/aromatic N) is 3. The Morgan fingerprint density at radius 2 is 1.70 bits per heavy atom. The van der Waals surface area contributed by atoms with Gasteiger partial charge in [0.2, 0.25) is 5.91 Å². The van der Waals surface area contributed by atoms with Crippen molar-refractivity contribution in [3.05, 3.63) is 0 Å². The average molecular weight is 136 g/mol. The minimum absolute atomic E-state index is 0.322. The molecule has 0 unspecified atom stereocenters. The van der Waals surface area contributed by atoms with Crippen molar-refractivity contribution in [3.8, 4) is 18.3 Å². The van der Waals surface area contributed by atoms with Gasteiger partial charge in [-0.1, -0.05) is 0 Å². The number of nitriles is 3. The van der Waals surface area contributed by atoms with Crippen molar-refractivity contribution in [2.75, 3.05) is 0 Å². The van der Waals surface area contributed by atoms with E-state index < -0.39 is 0 Å². The molecule has 10 heavy (non-hydrogen) atoms. The van der Waals surface area contributed by atoms with E-state index in [-0.39, 0.29) is 5.91 Å². The molecule has 0 heterocycles. The quantitative estimate of drug-likeness (QED) is 0.362. The molecule has 0 bridgehead atoms. The Labute approximate surface area is 58.1 Å². The number of carbonyl (C=O) groups excluding carboxylic acids is 1. The van der Waals surface area contributed by atoms with Crippen LogP contribution in [0.25, 0.3) is 0 Å². The monoisotopic (exact) mass is 136 g/mol. The third-order valence-electron chi connectivity index (χ3n) is 0.282. The zero-order chi connectivity index (χ0) is 8.41. The van der Waals surface area contributed by atoms with Crippen molar-refractivity contribution in [1.29, 1.82) is 15.8 Å². The van der Waals surface area contributed by atoms with Gasteiger partial charge in [0.05, 0.1) is 0 Å². The Kier molecular flexibility index (Phi) is 10.9. The smallest absolute Gasteiger partial charge is 0.229 e. The van der Waals surface area contributed by atoms with Crippen LogP contribution >= 0.6 is 0 Å². The summed E-state index contributed by atoms with van der Waals surface area (Å²) >= 11 is 0. The molecule has 0 fully saturated rings. The fraction of sp³-hybridized carbons (Fsp3) is 0.200. The number of hydrogen-bond donors (Lipinski definition) is 1. The van der Waals surface area contributed by atoms with Crippen LogP contribution in [0, 0.1) is 34.1 Å². The standard InChI is InChI=1S/C3H4N2O.C2N2/c1-3(6)5-2-4;3-1-2-4/h1H3,(H,5,6);. The molecule has 1 amide bonds. The topological polar surface area (TPSA) is 100 Å². The van der Waals surface area contributed by atoms with Gasteiger partial charge in [-0.25, -0.2) is 0 Å². The molecule has 50 valence electrons. The van der Waals surface area contributed by atoms with Gasteiger partial charge >= 0.3 is 0 Å². The van der Waals surface area contributed by atoms with E-state index in [1.165, 1.54) is 25.3 Å². The normalized spacial score (nSPS) is 4.60. The zero-order valence-electron chi connectivity index (χ0n) is 5.25. The summed E-state index contributed by atoms with van der Waals surface area (Å²) in [5.74, 6) is -0.322. The van der Waals surface area contributed by atoms with E-state index >= 15 is 0 Å². The average Bonchev–Trinajstić information content (AvgIpc) is 1.89. The van der Waals surface area contributed by atoms with Crippen molar-refractivity contribution in [2.45, 2.75) is 6.92 Å². The minimum Gasteiger partial charge on any atom is -0.274 e. The highest BCUT2D eigenvalue weighted by Gasteiger charge is 1.78. The maximum atomic E-state index is 9.71. The molecule has 0 rings (SSSR count). The van der Waals surface area contributed by atoms with Gasteiger partial charge in [-0.05, 0) is 0 Å². The Morgan fingerprint density at radius 1 is 1.30 bits per heavy atom. The lowest BCUT2D eigenvalue weighted by Crippen LogP contribution is -2.11. The molecule has 1 N–H and O–H groups in total. The van der Waals surface area contributed by atoms with Crippen molar-refractivity contribution in [1.82, 2.24) is 5.32 Å². The number of hydrogen-bond acceptors (Lipinski definition) is 4. The zero-order valence-corrected chi connectivity index (χ0v) is 5.25. The first-order chi connectivity index (χ1) is 4.68. The molecule has 5 heteroatoms. The van der Waals surface area contributed by atoms with Gasteiger partial charge in [-0.3, -0.25) is 10.1 Å². The fourth-order valence-corrected chi connectivity index (χ4v) is 0.0787. The maximum absolute atomic E-state index is 9.71.